The van der Waals surface area contributed by atoms with Gasteiger partial charge < -0.3 is 9.47 Å². The molecule has 0 amide bonds. The second-order valence-corrected chi connectivity index (χ2v) is 9.85. The molecule has 1 saturated heterocycles. The molecule has 1 heterocycles. The smallest absolute Gasteiger partial charge is 0.174 e. The van der Waals surface area contributed by atoms with Crippen molar-refractivity contribution in [2.75, 3.05) is 13.2 Å². The van der Waals surface area contributed by atoms with E-state index in [1.54, 1.807) is 0 Å². The van der Waals surface area contributed by atoms with Crippen LogP contribution < -0.4 is 0 Å². The lowest BCUT2D eigenvalue weighted by Gasteiger charge is -2.61. The van der Waals surface area contributed by atoms with Crippen molar-refractivity contribution in [3.8, 4) is 0 Å². The molecule has 1 aliphatic heterocycles. The maximum absolute atomic E-state index is 6.26. The number of ether oxygens (including phenoxy) is 2. The molecular weight excluding hydrogens is 284 g/mol. The fourth-order valence-corrected chi connectivity index (χ4v) is 8.18. The summed E-state index contributed by atoms with van der Waals surface area (Å²) >= 11 is 0. The van der Waals surface area contributed by atoms with E-state index in [0.29, 0.717) is 5.41 Å². The Morgan fingerprint density at radius 1 is 0.739 bits per heavy atom. The predicted molar refractivity (Wildman–Crippen MR) is 91.0 cm³/mol. The lowest BCUT2D eigenvalue weighted by atomic mass is 9.45. The van der Waals surface area contributed by atoms with E-state index in [-0.39, 0.29) is 11.2 Å². The van der Waals surface area contributed by atoms with Gasteiger partial charge in [0.05, 0.1) is 13.2 Å². The topological polar surface area (TPSA) is 18.5 Å². The average molecular weight is 319 g/mol. The largest absolute Gasteiger partial charge is 0.347 e. The first-order chi connectivity index (χ1) is 11.1. The van der Waals surface area contributed by atoms with E-state index in [2.05, 4.69) is 13.8 Å². The first-order valence-corrected chi connectivity index (χ1v) is 10.4. The summed E-state index contributed by atoms with van der Waals surface area (Å²) < 4.78 is 12.5. The Bertz CT molecular complexity index is 482. The summed E-state index contributed by atoms with van der Waals surface area (Å²) in [6.07, 6.45) is 14.2. The highest BCUT2D eigenvalue weighted by atomic mass is 16.7. The molecule has 5 fully saturated rings. The summed E-state index contributed by atoms with van der Waals surface area (Å²) in [5, 5.41) is 0. The average Bonchev–Trinajstić information content (AvgIpc) is 3.14. The van der Waals surface area contributed by atoms with E-state index in [1.165, 1.54) is 57.8 Å². The van der Waals surface area contributed by atoms with Crippen molar-refractivity contribution in [2.45, 2.75) is 83.8 Å². The molecule has 0 aromatic rings. The van der Waals surface area contributed by atoms with Crippen molar-refractivity contribution in [1.82, 2.24) is 0 Å². The molecule has 0 N–H and O–H groups in total. The predicted octanol–water partition coefficient (Wildman–Crippen LogP) is 5.16. The van der Waals surface area contributed by atoms with E-state index < -0.39 is 0 Å². The van der Waals surface area contributed by atoms with Crippen molar-refractivity contribution in [2.24, 2.45) is 34.5 Å². The fraction of sp³-hybridized carbons (Fsp3) is 1.00. The molecule has 4 aliphatic carbocycles. The van der Waals surface area contributed by atoms with Gasteiger partial charge in [-0.15, -0.1) is 0 Å². The van der Waals surface area contributed by atoms with Gasteiger partial charge in [-0.3, -0.25) is 0 Å². The van der Waals surface area contributed by atoms with Gasteiger partial charge in [0.25, 0.3) is 0 Å². The third-order valence-corrected chi connectivity index (χ3v) is 9.38. The Morgan fingerprint density at radius 2 is 1.52 bits per heavy atom. The van der Waals surface area contributed by atoms with Crippen LogP contribution in [0.5, 0.6) is 0 Å². The molecule has 0 unspecified atom stereocenters. The molecule has 6 atom stereocenters. The fourth-order valence-electron chi connectivity index (χ4n) is 8.18. The van der Waals surface area contributed by atoms with E-state index in [0.717, 1.165) is 43.3 Å². The number of fused-ring (bicyclic) bond motifs is 6. The van der Waals surface area contributed by atoms with Crippen LogP contribution in [0, 0.1) is 34.5 Å². The maximum Gasteiger partial charge on any atom is 0.174 e. The highest BCUT2D eigenvalue weighted by molar-refractivity contribution is 5.12. The second-order valence-electron chi connectivity index (χ2n) is 9.85. The van der Waals surface area contributed by atoms with Gasteiger partial charge in [-0.1, -0.05) is 26.7 Å². The van der Waals surface area contributed by atoms with Gasteiger partial charge in [0, 0.05) is 11.8 Å². The van der Waals surface area contributed by atoms with Crippen molar-refractivity contribution in [1.29, 1.82) is 0 Å². The zero-order valence-electron chi connectivity index (χ0n) is 15.1. The summed E-state index contributed by atoms with van der Waals surface area (Å²) in [4.78, 5) is 0. The molecule has 1 spiro atoms. The lowest BCUT2D eigenvalue weighted by Crippen LogP contribution is -2.56. The quantitative estimate of drug-likeness (QED) is 0.614. The summed E-state index contributed by atoms with van der Waals surface area (Å²) in [5.41, 5.74) is 0.929. The Hall–Kier alpha value is -0.0800. The number of hydrogen-bond donors (Lipinski definition) is 0. The molecule has 0 aromatic carbocycles. The van der Waals surface area contributed by atoms with Crippen molar-refractivity contribution in [3.63, 3.8) is 0 Å². The Balaban J connectivity index is 1.47. The molecule has 2 nitrogen and oxygen atoms in total. The zero-order chi connectivity index (χ0) is 15.7. The SMILES string of the molecule is C[C@]12CCCC[C@@H]1CC[C@H]1[C@H]3CCC4(OCCO4)[C@@]3(C)CC[C@@H]12. The zero-order valence-corrected chi connectivity index (χ0v) is 15.1. The van der Waals surface area contributed by atoms with Crippen molar-refractivity contribution >= 4 is 0 Å². The third-order valence-electron chi connectivity index (χ3n) is 9.38. The van der Waals surface area contributed by atoms with E-state index in [9.17, 15) is 0 Å². The summed E-state index contributed by atoms with van der Waals surface area (Å²) in [7, 11) is 0. The van der Waals surface area contributed by atoms with Crippen LogP contribution in [0.2, 0.25) is 0 Å². The van der Waals surface area contributed by atoms with Gasteiger partial charge in [-0.2, -0.15) is 0 Å². The Labute approximate surface area is 141 Å². The first kappa shape index (κ1) is 15.2. The third kappa shape index (κ3) is 1.83. The number of hydrogen-bond acceptors (Lipinski definition) is 2. The van der Waals surface area contributed by atoms with Crippen molar-refractivity contribution in [3.05, 3.63) is 0 Å². The molecule has 0 radical (unpaired) electrons. The molecular formula is C21H34O2. The molecule has 5 rings (SSSR count). The summed E-state index contributed by atoms with van der Waals surface area (Å²) in [5.74, 6) is 3.58. The molecule has 0 bridgehead atoms. The van der Waals surface area contributed by atoms with Gasteiger partial charge >= 0.3 is 0 Å². The van der Waals surface area contributed by atoms with Gasteiger partial charge in [-0.05, 0) is 74.0 Å². The minimum Gasteiger partial charge on any atom is -0.347 e. The van der Waals surface area contributed by atoms with Gasteiger partial charge in [0.1, 0.15) is 0 Å². The van der Waals surface area contributed by atoms with Gasteiger partial charge in [-0.25, -0.2) is 0 Å². The first-order valence-electron chi connectivity index (χ1n) is 10.4. The van der Waals surface area contributed by atoms with Crippen LogP contribution in [-0.2, 0) is 9.47 Å². The summed E-state index contributed by atoms with van der Waals surface area (Å²) in [6.45, 7) is 6.82. The van der Waals surface area contributed by atoms with Crippen LogP contribution in [0.3, 0.4) is 0 Å². The molecule has 4 saturated carbocycles. The minimum absolute atomic E-state index is 0.215. The van der Waals surface area contributed by atoms with Gasteiger partial charge in [0.2, 0.25) is 0 Å². The monoisotopic (exact) mass is 318 g/mol. The highest BCUT2D eigenvalue weighted by Gasteiger charge is 2.66. The van der Waals surface area contributed by atoms with Crippen LogP contribution in [0.1, 0.15) is 78.1 Å². The molecule has 130 valence electrons. The molecule has 23 heavy (non-hydrogen) atoms. The maximum atomic E-state index is 6.26. The van der Waals surface area contributed by atoms with Crippen LogP contribution >= 0.6 is 0 Å². The van der Waals surface area contributed by atoms with Crippen LogP contribution in [0.15, 0.2) is 0 Å². The van der Waals surface area contributed by atoms with Crippen LogP contribution in [-0.4, -0.2) is 19.0 Å². The lowest BCUT2D eigenvalue weighted by molar-refractivity contribution is -0.247. The molecule has 0 aromatic heterocycles. The highest BCUT2D eigenvalue weighted by Crippen LogP contribution is 2.69. The van der Waals surface area contributed by atoms with Crippen LogP contribution in [0.25, 0.3) is 0 Å². The van der Waals surface area contributed by atoms with E-state index in [1.807, 2.05) is 0 Å². The summed E-state index contributed by atoms with van der Waals surface area (Å²) in [6, 6.07) is 0. The molecule has 2 heteroatoms. The van der Waals surface area contributed by atoms with Crippen LogP contribution in [0.4, 0.5) is 0 Å². The van der Waals surface area contributed by atoms with E-state index in [4.69, 9.17) is 9.47 Å². The minimum atomic E-state index is -0.215. The second kappa shape index (κ2) is 4.97. The molecule has 5 aliphatic rings. The standard InChI is InChI=1S/C21H34O2/c1-19-10-4-3-5-15(19)6-7-16-17(19)8-11-20(2)18(16)9-12-21(20)22-13-14-23-21/h15-18H,3-14H2,1-2H3/t15-,16-,17+,18-,19+,20+/m1/s1. The Kier molecular flexibility index (Phi) is 3.29. The Morgan fingerprint density at radius 3 is 2.35 bits per heavy atom. The number of rotatable bonds is 0. The normalized spacial score (nSPS) is 54.5. The van der Waals surface area contributed by atoms with Gasteiger partial charge in [0.15, 0.2) is 5.79 Å². The van der Waals surface area contributed by atoms with Crippen molar-refractivity contribution < 1.29 is 9.47 Å². The van der Waals surface area contributed by atoms with E-state index >= 15 is 0 Å².